The van der Waals surface area contributed by atoms with Crippen LogP contribution in [0.3, 0.4) is 0 Å². The van der Waals surface area contributed by atoms with E-state index >= 15 is 0 Å². The van der Waals surface area contributed by atoms with Gasteiger partial charge in [0, 0.05) is 64.8 Å². The molecule has 1 N–H and O–H groups in total. The molecule has 0 spiro atoms. The first kappa shape index (κ1) is 22.8. The third-order valence-electron chi connectivity index (χ3n) is 5.96. The quantitative estimate of drug-likeness (QED) is 0.339. The van der Waals surface area contributed by atoms with Gasteiger partial charge in [-0.25, -0.2) is 0 Å². The summed E-state index contributed by atoms with van der Waals surface area (Å²) < 4.78 is 16.5. The van der Waals surface area contributed by atoms with E-state index in [4.69, 9.17) is 18.9 Å². The molecule has 0 radical (unpaired) electrons. The van der Waals surface area contributed by atoms with Crippen molar-refractivity contribution in [3.8, 4) is 0 Å². The maximum absolute atomic E-state index is 5.52. The van der Waals surface area contributed by atoms with Gasteiger partial charge in [-0.1, -0.05) is 0 Å². The molecule has 0 bridgehead atoms. The second-order valence-corrected chi connectivity index (χ2v) is 8.16. The molecule has 4 rings (SSSR count). The number of morpholine rings is 1. The van der Waals surface area contributed by atoms with Crippen molar-refractivity contribution >= 4 is 29.9 Å². The Hall–Kier alpha value is -0.840. The largest absolute Gasteiger partial charge is 0.469 e. The van der Waals surface area contributed by atoms with E-state index in [-0.39, 0.29) is 24.0 Å². The van der Waals surface area contributed by atoms with Gasteiger partial charge in [0.05, 0.1) is 26.1 Å². The highest BCUT2D eigenvalue weighted by Gasteiger charge is 2.27. The molecule has 0 aromatic carbocycles. The fraction of sp³-hybridized carbons (Fsp3) is 0.762. The summed E-state index contributed by atoms with van der Waals surface area (Å²) in [4.78, 5) is 9.97. The minimum absolute atomic E-state index is 0. The molecule has 164 valence electrons. The van der Waals surface area contributed by atoms with Crippen LogP contribution in [0, 0.1) is 11.8 Å². The van der Waals surface area contributed by atoms with Crippen molar-refractivity contribution in [1.29, 1.82) is 0 Å². The van der Waals surface area contributed by atoms with E-state index in [1.165, 1.54) is 13.0 Å². The molecule has 2 unspecified atom stereocenters. The molecule has 1 aromatic rings. The Bertz CT molecular complexity index is 601. The van der Waals surface area contributed by atoms with Crippen molar-refractivity contribution in [3.05, 3.63) is 24.2 Å². The second-order valence-electron chi connectivity index (χ2n) is 8.16. The summed E-state index contributed by atoms with van der Waals surface area (Å²) in [7, 11) is 0. The molecular formula is C21H35IN4O3. The first-order valence-corrected chi connectivity index (χ1v) is 10.8. The maximum atomic E-state index is 5.52. The third-order valence-corrected chi connectivity index (χ3v) is 5.96. The SMILES string of the molecule is I.c1coc(CCNC(=NCC2CCOC2)N2CCC(CN3CCOCC3)C2)c1. The summed E-state index contributed by atoms with van der Waals surface area (Å²) in [5.74, 6) is 3.35. The number of hydrogen-bond acceptors (Lipinski definition) is 5. The van der Waals surface area contributed by atoms with Crippen LogP contribution in [-0.2, 0) is 15.9 Å². The van der Waals surface area contributed by atoms with E-state index < -0.39 is 0 Å². The number of guanidine groups is 1. The second kappa shape index (κ2) is 12.1. The molecule has 3 aliphatic rings. The number of likely N-dealkylation sites (tertiary alicyclic amines) is 1. The average Bonchev–Trinajstić information content (AvgIpc) is 3.48. The normalized spacial score (nSPS) is 25.9. The maximum Gasteiger partial charge on any atom is 0.193 e. The van der Waals surface area contributed by atoms with Gasteiger partial charge in [-0.05, 0) is 30.9 Å². The minimum atomic E-state index is 0. The summed E-state index contributed by atoms with van der Waals surface area (Å²) in [5.41, 5.74) is 0. The van der Waals surface area contributed by atoms with Crippen LogP contribution in [0.25, 0.3) is 0 Å². The van der Waals surface area contributed by atoms with E-state index in [1.807, 2.05) is 12.1 Å². The Morgan fingerprint density at radius 2 is 2.00 bits per heavy atom. The number of nitrogens with zero attached hydrogens (tertiary/aromatic N) is 3. The third kappa shape index (κ3) is 7.11. The van der Waals surface area contributed by atoms with Crippen LogP contribution in [0.2, 0.25) is 0 Å². The molecule has 0 saturated carbocycles. The molecular weight excluding hydrogens is 483 g/mol. The van der Waals surface area contributed by atoms with Gasteiger partial charge in [0.15, 0.2) is 5.96 Å². The molecule has 2 atom stereocenters. The number of hydrogen-bond donors (Lipinski definition) is 1. The lowest BCUT2D eigenvalue weighted by atomic mass is 10.1. The monoisotopic (exact) mass is 518 g/mol. The molecule has 8 heteroatoms. The smallest absolute Gasteiger partial charge is 0.193 e. The Balaban J connectivity index is 0.00000240. The highest BCUT2D eigenvalue weighted by Crippen LogP contribution is 2.19. The van der Waals surface area contributed by atoms with Gasteiger partial charge >= 0.3 is 0 Å². The van der Waals surface area contributed by atoms with E-state index in [0.29, 0.717) is 11.8 Å². The number of nitrogens with one attached hydrogen (secondary N) is 1. The summed E-state index contributed by atoms with van der Waals surface area (Å²) in [6.45, 7) is 10.7. The first-order chi connectivity index (χ1) is 13.9. The van der Waals surface area contributed by atoms with E-state index in [2.05, 4.69) is 15.1 Å². The highest BCUT2D eigenvalue weighted by atomic mass is 127. The lowest BCUT2D eigenvalue weighted by Crippen LogP contribution is -2.43. The van der Waals surface area contributed by atoms with Gasteiger partial charge in [0.25, 0.3) is 0 Å². The lowest BCUT2D eigenvalue weighted by Gasteiger charge is -2.29. The number of halogens is 1. The van der Waals surface area contributed by atoms with Crippen LogP contribution in [-0.4, -0.2) is 88.0 Å². The van der Waals surface area contributed by atoms with Crippen molar-refractivity contribution in [2.75, 3.05) is 72.2 Å². The van der Waals surface area contributed by atoms with Crippen LogP contribution in [0.15, 0.2) is 27.8 Å². The zero-order valence-electron chi connectivity index (χ0n) is 17.3. The van der Waals surface area contributed by atoms with Crippen molar-refractivity contribution in [2.45, 2.75) is 19.3 Å². The van der Waals surface area contributed by atoms with Gasteiger partial charge in [0.1, 0.15) is 5.76 Å². The van der Waals surface area contributed by atoms with E-state index in [1.54, 1.807) is 6.26 Å². The molecule has 0 amide bonds. The predicted octanol–water partition coefficient (Wildman–Crippen LogP) is 2.08. The summed E-state index contributed by atoms with van der Waals surface area (Å²) >= 11 is 0. The van der Waals surface area contributed by atoms with Crippen LogP contribution in [0.5, 0.6) is 0 Å². The van der Waals surface area contributed by atoms with Crippen molar-refractivity contribution in [3.63, 3.8) is 0 Å². The summed E-state index contributed by atoms with van der Waals surface area (Å²) in [5, 5.41) is 3.59. The van der Waals surface area contributed by atoms with Crippen molar-refractivity contribution in [1.82, 2.24) is 15.1 Å². The highest BCUT2D eigenvalue weighted by molar-refractivity contribution is 14.0. The van der Waals surface area contributed by atoms with E-state index in [9.17, 15) is 0 Å². The van der Waals surface area contributed by atoms with E-state index in [0.717, 1.165) is 90.3 Å². The van der Waals surface area contributed by atoms with Crippen molar-refractivity contribution < 1.29 is 13.9 Å². The van der Waals surface area contributed by atoms with Gasteiger partial charge in [-0.3, -0.25) is 9.89 Å². The van der Waals surface area contributed by atoms with Gasteiger partial charge in [-0.15, -0.1) is 24.0 Å². The Morgan fingerprint density at radius 3 is 2.76 bits per heavy atom. The number of furan rings is 1. The Kier molecular flexibility index (Phi) is 9.54. The zero-order chi connectivity index (χ0) is 19.0. The molecule has 3 fully saturated rings. The molecule has 3 aliphatic heterocycles. The first-order valence-electron chi connectivity index (χ1n) is 10.8. The van der Waals surface area contributed by atoms with Gasteiger partial charge < -0.3 is 24.1 Å². The summed E-state index contributed by atoms with van der Waals surface area (Å²) in [6.07, 6.45) is 4.98. The van der Waals surface area contributed by atoms with Gasteiger partial charge in [0.2, 0.25) is 0 Å². The predicted molar refractivity (Wildman–Crippen MR) is 124 cm³/mol. The lowest BCUT2D eigenvalue weighted by molar-refractivity contribution is 0.0315. The zero-order valence-corrected chi connectivity index (χ0v) is 19.6. The standard InChI is InChI=1S/C21H34N4O3.HI/c1-2-20(28-10-1)3-6-22-21(23-14-18-5-11-27-17-18)25-7-4-19(16-25)15-24-8-12-26-13-9-24;/h1-2,10,18-19H,3-9,11-17H2,(H,22,23);1H. The minimum Gasteiger partial charge on any atom is -0.469 e. The van der Waals surface area contributed by atoms with Crippen LogP contribution >= 0.6 is 24.0 Å². The molecule has 7 nitrogen and oxygen atoms in total. The van der Waals surface area contributed by atoms with Crippen LogP contribution in [0.1, 0.15) is 18.6 Å². The number of aliphatic imine (C=N–C) groups is 1. The van der Waals surface area contributed by atoms with Crippen LogP contribution < -0.4 is 5.32 Å². The summed E-state index contributed by atoms with van der Waals surface area (Å²) in [6, 6.07) is 3.98. The molecule has 3 saturated heterocycles. The molecule has 1 aromatic heterocycles. The fourth-order valence-corrected chi connectivity index (χ4v) is 4.29. The Morgan fingerprint density at radius 1 is 1.10 bits per heavy atom. The Labute approximate surface area is 191 Å². The average molecular weight is 518 g/mol. The number of ether oxygens (including phenoxy) is 2. The molecule has 0 aliphatic carbocycles. The van der Waals surface area contributed by atoms with Gasteiger partial charge in [-0.2, -0.15) is 0 Å². The topological polar surface area (TPSA) is 62.5 Å². The van der Waals surface area contributed by atoms with Crippen LogP contribution in [0.4, 0.5) is 0 Å². The number of rotatable bonds is 7. The van der Waals surface area contributed by atoms with Crippen molar-refractivity contribution in [2.24, 2.45) is 16.8 Å². The molecule has 29 heavy (non-hydrogen) atoms. The molecule has 4 heterocycles. The fourth-order valence-electron chi connectivity index (χ4n) is 4.29.